The molecular weight excluding hydrogens is 608 g/mol. The highest BCUT2D eigenvalue weighted by Crippen LogP contribution is 2.35. The van der Waals surface area contributed by atoms with Crippen LogP contribution in [0.2, 0.25) is 5.02 Å². The molecule has 1 unspecified atom stereocenters. The first-order chi connectivity index (χ1) is 21.4. The fourth-order valence-electron chi connectivity index (χ4n) is 5.16. The summed E-state index contributed by atoms with van der Waals surface area (Å²) in [6.45, 7) is 6.36. The predicted molar refractivity (Wildman–Crippen MR) is 178 cm³/mol. The molecule has 5 rings (SSSR count). The first kappa shape index (κ1) is 32.2. The van der Waals surface area contributed by atoms with Gasteiger partial charge in [0.1, 0.15) is 0 Å². The average molecular weight is 643 g/mol. The van der Waals surface area contributed by atoms with Crippen molar-refractivity contribution in [2.45, 2.75) is 38.5 Å². The molecular formula is C36H35ClN2O5S. The Bertz CT molecular complexity index is 1890. The van der Waals surface area contributed by atoms with Crippen LogP contribution in [-0.4, -0.2) is 36.3 Å². The Morgan fingerprint density at radius 3 is 2.27 bits per heavy atom. The molecule has 1 aromatic heterocycles. The van der Waals surface area contributed by atoms with E-state index in [1.807, 2.05) is 66.7 Å². The van der Waals surface area contributed by atoms with Crippen LogP contribution in [-0.2, 0) is 22.0 Å². The Morgan fingerprint density at radius 2 is 1.60 bits per heavy atom. The first-order valence-corrected chi connectivity index (χ1v) is 16.6. The van der Waals surface area contributed by atoms with Crippen LogP contribution in [0.15, 0.2) is 108 Å². The molecule has 0 saturated heterocycles. The van der Waals surface area contributed by atoms with E-state index in [-0.39, 0.29) is 17.9 Å². The standard InChI is InChI=1S/C36H35ClN2O5S/c1-36(2,3)29-17-15-25(16-18-29)31(21-24-11-13-26(14-12-24)35(40)38-19-20-45(41,42)43)33-23-34(44-39-33)28-8-6-7-27(22-28)30-9-4-5-10-32(30)37/h4-18,22-23,31H,19-21H2,1-3H3,(H,38,40)(H,41,42,43). The molecule has 2 N–H and O–H groups in total. The van der Waals surface area contributed by atoms with Crippen LogP contribution < -0.4 is 5.32 Å². The number of nitrogens with zero attached hydrogens (tertiary/aromatic N) is 1. The molecule has 5 aromatic rings. The van der Waals surface area contributed by atoms with E-state index in [1.165, 1.54) is 5.56 Å². The molecule has 0 aliphatic rings. The number of amides is 1. The Hall–Kier alpha value is -4.24. The van der Waals surface area contributed by atoms with Gasteiger partial charge in [0.25, 0.3) is 16.0 Å². The smallest absolute Gasteiger partial charge is 0.266 e. The fourth-order valence-corrected chi connectivity index (χ4v) is 5.76. The molecule has 9 heteroatoms. The zero-order valence-corrected chi connectivity index (χ0v) is 26.9. The van der Waals surface area contributed by atoms with Crippen molar-refractivity contribution in [2.75, 3.05) is 12.3 Å². The van der Waals surface area contributed by atoms with Crippen molar-refractivity contribution in [3.63, 3.8) is 0 Å². The number of rotatable bonds is 10. The van der Waals surface area contributed by atoms with Crippen molar-refractivity contribution in [2.24, 2.45) is 0 Å². The van der Waals surface area contributed by atoms with E-state index < -0.39 is 21.8 Å². The van der Waals surface area contributed by atoms with Crippen LogP contribution in [0, 0.1) is 0 Å². The Balaban J connectivity index is 1.42. The minimum absolute atomic E-state index is 0.0134. The van der Waals surface area contributed by atoms with Gasteiger partial charge in [-0.25, -0.2) is 0 Å². The second-order valence-electron chi connectivity index (χ2n) is 12.0. The van der Waals surface area contributed by atoms with E-state index in [1.54, 1.807) is 12.1 Å². The van der Waals surface area contributed by atoms with Crippen LogP contribution in [0.4, 0.5) is 0 Å². The van der Waals surface area contributed by atoms with E-state index in [4.69, 9.17) is 20.7 Å². The largest absolute Gasteiger partial charge is 0.356 e. The van der Waals surface area contributed by atoms with Gasteiger partial charge in [-0.3, -0.25) is 9.35 Å². The molecule has 0 spiro atoms. The summed E-state index contributed by atoms with van der Waals surface area (Å²) in [7, 11) is -4.15. The third-order valence-corrected chi connectivity index (χ3v) is 8.75. The fraction of sp³-hybridized carbons (Fsp3) is 0.222. The van der Waals surface area contributed by atoms with Crippen LogP contribution in [0.5, 0.6) is 0 Å². The molecule has 1 amide bonds. The summed E-state index contributed by atoms with van der Waals surface area (Å²) >= 11 is 6.46. The van der Waals surface area contributed by atoms with Gasteiger partial charge < -0.3 is 9.84 Å². The molecule has 1 atom stereocenters. The number of carbonyl (C=O) groups is 1. The first-order valence-electron chi connectivity index (χ1n) is 14.6. The van der Waals surface area contributed by atoms with Crippen LogP contribution in [0.3, 0.4) is 0 Å². The molecule has 0 radical (unpaired) electrons. The lowest BCUT2D eigenvalue weighted by molar-refractivity contribution is 0.0956. The molecule has 232 valence electrons. The number of hydrogen-bond donors (Lipinski definition) is 2. The van der Waals surface area contributed by atoms with Gasteiger partial charge in [0.05, 0.1) is 11.4 Å². The molecule has 0 fully saturated rings. The van der Waals surface area contributed by atoms with Crippen molar-refractivity contribution in [1.82, 2.24) is 10.5 Å². The zero-order valence-electron chi connectivity index (χ0n) is 25.3. The van der Waals surface area contributed by atoms with Gasteiger partial charge in [0.15, 0.2) is 5.76 Å². The number of benzene rings is 4. The van der Waals surface area contributed by atoms with E-state index in [2.05, 4.69) is 55.5 Å². The highest BCUT2D eigenvalue weighted by molar-refractivity contribution is 7.85. The topological polar surface area (TPSA) is 110 Å². The molecule has 1 heterocycles. The lowest BCUT2D eigenvalue weighted by Gasteiger charge is -2.21. The second-order valence-corrected chi connectivity index (χ2v) is 14.0. The van der Waals surface area contributed by atoms with Gasteiger partial charge in [0, 0.05) is 40.2 Å². The number of aromatic nitrogens is 1. The van der Waals surface area contributed by atoms with Crippen molar-refractivity contribution in [3.8, 4) is 22.5 Å². The monoisotopic (exact) mass is 642 g/mol. The van der Waals surface area contributed by atoms with Gasteiger partial charge in [-0.2, -0.15) is 8.42 Å². The van der Waals surface area contributed by atoms with Crippen molar-refractivity contribution >= 4 is 27.6 Å². The maximum absolute atomic E-state index is 12.5. The molecule has 0 bridgehead atoms. The Kier molecular flexibility index (Phi) is 9.58. The lowest BCUT2D eigenvalue weighted by atomic mass is 9.83. The van der Waals surface area contributed by atoms with Crippen LogP contribution >= 0.6 is 11.6 Å². The average Bonchev–Trinajstić information content (AvgIpc) is 3.50. The van der Waals surface area contributed by atoms with Gasteiger partial charge in [-0.15, -0.1) is 0 Å². The SMILES string of the molecule is CC(C)(C)c1ccc(C(Cc2ccc(C(=O)NCCS(=O)(=O)O)cc2)c2cc(-c3cccc(-c4ccccc4Cl)c3)on2)cc1. The normalized spacial score (nSPS) is 12.6. The minimum atomic E-state index is -4.15. The summed E-state index contributed by atoms with van der Waals surface area (Å²) in [5, 5.41) is 7.71. The van der Waals surface area contributed by atoms with E-state index in [0.717, 1.165) is 33.5 Å². The Morgan fingerprint density at radius 1 is 0.911 bits per heavy atom. The summed E-state index contributed by atoms with van der Waals surface area (Å²) in [6.07, 6.45) is 0.602. The highest BCUT2D eigenvalue weighted by Gasteiger charge is 2.22. The van der Waals surface area contributed by atoms with Crippen molar-refractivity contribution < 1.29 is 22.3 Å². The van der Waals surface area contributed by atoms with Gasteiger partial charge in [-0.05, 0) is 58.4 Å². The molecule has 0 saturated carbocycles. The van der Waals surface area contributed by atoms with Crippen molar-refractivity contribution in [3.05, 3.63) is 136 Å². The molecule has 7 nitrogen and oxygen atoms in total. The van der Waals surface area contributed by atoms with Gasteiger partial charge in [0.2, 0.25) is 0 Å². The summed E-state index contributed by atoms with van der Waals surface area (Å²) in [6, 6.07) is 33.4. The van der Waals surface area contributed by atoms with Gasteiger partial charge >= 0.3 is 0 Å². The van der Waals surface area contributed by atoms with Crippen molar-refractivity contribution in [1.29, 1.82) is 0 Å². The molecule has 0 aliphatic carbocycles. The quantitative estimate of drug-likeness (QED) is 0.150. The van der Waals surface area contributed by atoms with E-state index in [0.29, 0.717) is 22.8 Å². The minimum Gasteiger partial charge on any atom is -0.356 e. The van der Waals surface area contributed by atoms with E-state index >= 15 is 0 Å². The maximum atomic E-state index is 12.5. The van der Waals surface area contributed by atoms with Crippen LogP contribution in [0.25, 0.3) is 22.5 Å². The molecule has 4 aromatic carbocycles. The molecule has 45 heavy (non-hydrogen) atoms. The summed E-state index contributed by atoms with van der Waals surface area (Å²) in [5.41, 5.74) is 7.29. The number of nitrogens with one attached hydrogen (secondary N) is 1. The van der Waals surface area contributed by atoms with Gasteiger partial charge in [-0.1, -0.05) is 110 Å². The molecule has 0 aliphatic heterocycles. The summed E-state index contributed by atoms with van der Waals surface area (Å²) in [5.74, 6) is -0.444. The number of halogens is 1. The Labute approximate surface area is 269 Å². The summed E-state index contributed by atoms with van der Waals surface area (Å²) in [4.78, 5) is 12.5. The number of hydrogen-bond acceptors (Lipinski definition) is 5. The third-order valence-electron chi connectivity index (χ3n) is 7.70. The predicted octanol–water partition coefficient (Wildman–Crippen LogP) is 7.95. The van der Waals surface area contributed by atoms with E-state index in [9.17, 15) is 13.2 Å². The second kappa shape index (κ2) is 13.4. The number of carbonyl (C=O) groups excluding carboxylic acids is 1. The highest BCUT2D eigenvalue weighted by atomic mass is 35.5. The summed E-state index contributed by atoms with van der Waals surface area (Å²) < 4.78 is 36.7. The maximum Gasteiger partial charge on any atom is 0.266 e. The van der Waals surface area contributed by atoms with Crippen LogP contribution in [0.1, 0.15) is 59.4 Å². The lowest BCUT2D eigenvalue weighted by Crippen LogP contribution is -2.28. The zero-order chi connectivity index (χ0) is 32.2. The third kappa shape index (κ3) is 8.28.